The smallest absolute Gasteiger partial charge is 0.326 e. The molecular weight excluding hydrogens is 473 g/mol. The van der Waals surface area contributed by atoms with Crippen LogP contribution in [0.5, 0.6) is 17.2 Å². The maximum atomic E-state index is 14.1. The number of nitrogens with one attached hydrogen (secondary N) is 2. The third-order valence-corrected chi connectivity index (χ3v) is 5.26. The van der Waals surface area contributed by atoms with E-state index in [4.69, 9.17) is 9.47 Å². The third kappa shape index (κ3) is 7.57. The highest BCUT2D eigenvalue weighted by Gasteiger charge is 2.18. The summed E-state index contributed by atoms with van der Waals surface area (Å²) in [6, 6.07) is 30.6. The van der Waals surface area contributed by atoms with Crippen LogP contribution in [0.25, 0.3) is 0 Å². The highest BCUT2D eigenvalue weighted by atomic mass is 19.1. The molecule has 0 aromatic heterocycles. The Hall–Kier alpha value is -4.85. The Labute approximate surface area is 214 Å². The van der Waals surface area contributed by atoms with Crippen LogP contribution in [0.15, 0.2) is 109 Å². The molecule has 3 amide bonds. The average molecular weight is 500 g/mol. The summed E-state index contributed by atoms with van der Waals surface area (Å²) in [6.07, 6.45) is 0. The van der Waals surface area contributed by atoms with E-state index in [-0.39, 0.29) is 31.3 Å². The van der Waals surface area contributed by atoms with Crippen LogP contribution in [0.2, 0.25) is 0 Å². The summed E-state index contributed by atoms with van der Waals surface area (Å²) < 4.78 is 25.4. The number of amides is 3. The van der Waals surface area contributed by atoms with Crippen molar-refractivity contribution >= 4 is 23.3 Å². The van der Waals surface area contributed by atoms with Crippen LogP contribution in [0.4, 0.5) is 20.6 Å². The van der Waals surface area contributed by atoms with Crippen LogP contribution < -0.4 is 25.0 Å². The van der Waals surface area contributed by atoms with Crippen molar-refractivity contribution in [1.82, 2.24) is 5.32 Å². The molecule has 4 aromatic rings. The topological polar surface area (TPSA) is 79.9 Å². The van der Waals surface area contributed by atoms with E-state index in [0.717, 1.165) is 0 Å². The molecule has 0 aliphatic carbocycles. The maximum absolute atomic E-state index is 14.1. The van der Waals surface area contributed by atoms with Gasteiger partial charge in [-0.05, 0) is 60.7 Å². The fraction of sp³-hybridized carbons (Fsp3) is 0.103. The number of nitrogens with zero attached hydrogens (tertiary/aromatic N) is 1. The summed E-state index contributed by atoms with van der Waals surface area (Å²) >= 11 is 0. The molecule has 188 valence electrons. The molecule has 0 fully saturated rings. The Morgan fingerprint density at radius 2 is 1.32 bits per heavy atom. The Balaban J connectivity index is 1.41. The van der Waals surface area contributed by atoms with Crippen LogP contribution in [0.1, 0.15) is 0 Å². The van der Waals surface area contributed by atoms with Crippen molar-refractivity contribution in [2.45, 2.75) is 0 Å². The molecule has 2 N–H and O–H groups in total. The molecule has 0 saturated heterocycles. The molecule has 4 rings (SSSR count). The molecule has 0 saturated carbocycles. The van der Waals surface area contributed by atoms with Crippen molar-refractivity contribution in [2.24, 2.45) is 0 Å². The Morgan fingerprint density at radius 3 is 2.00 bits per heavy atom. The van der Waals surface area contributed by atoms with E-state index >= 15 is 0 Å². The number of carbonyl (C=O) groups is 2. The first-order chi connectivity index (χ1) is 18.1. The number of halogens is 1. The van der Waals surface area contributed by atoms with Crippen molar-refractivity contribution in [3.63, 3.8) is 0 Å². The zero-order valence-corrected chi connectivity index (χ0v) is 20.0. The van der Waals surface area contributed by atoms with Crippen LogP contribution >= 0.6 is 0 Å². The molecular formula is C29H26FN3O4. The highest BCUT2D eigenvalue weighted by Crippen LogP contribution is 2.25. The zero-order valence-electron chi connectivity index (χ0n) is 20.0. The molecule has 0 radical (unpaired) electrons. The summed E-state index contributed by atoms with van der Waals surface area (Å²) in [6.45, 7) is 0.136. The number of hydrogen-bond acceptors (Lipinski definition) is 4. The van der Waals surface area contributed by atoms with Gasteiger partial charge in [-0.2, -0.15) is 0 Å². The van der Waals surface area contributed by atoms with Gasteiger partial charge in [0.05, 0.1) is 5.69 Å². The lowest BCUT2D eigenvalue weighted by Crippen LogP contribution is -2.42. The largest absolute Gasteiger partial charge is 0.484 e. The summed E-state index contributed by atoms with van der Waals surface area (Å²) in [5, 5.41) is 5.33. The van der Waals surface area contributed by atoms with Crippen LogP contribution in [0, 0.1) is 5.82 Å². The van der Waals surface area contributed by atoms with Gasteiger partial charge in [0.2, 0.25) is 0 Å². The van der Waals surface area contributed by atoms with Crippen molar-refractivity contribution in [3.05, 3.63) is 115 Å². The number of benzene rings is 4. The Morgan fingerprint density at radius 1 is 0.730 bits per heavy atom. The van der Waals surface area contributed by atoms with Crippen molar-refractivity contribution < 1.29 is 23.5 Å². The number of para-hydroxylation sites is 3. The minimum absolute atomic E-state index is 0.0572. The predicted molar refractivity (Wildman–Crippen MR) is 141 cm³/mol. The molecule has 37 heavy (non-hydrogen) atoms. The van der Waals surface area contributed by atoms with Gasteiger partial charge in [-0.1, -0.05) is 48.5 Å². The van der Waals surface area contributed by atoms with Crippen molar-refractivity contribution in [1.29, 1.82) is 0 Å². The first kappa shape index (κ1) is 25.2. The zero-order chi connectivity index (χ0) is 25.9. The molecule has 0 unspecified atom stereocenters. The summed E-state index contributed by atoms with van der Waals surface area (Å²) in [7, 11) is 0. The second-order valence-corrected chi connectivity index (χ2v) is 7.92. The number of urea groups is 1. The van der Waals surface area contributed by atoms with Gasteiger partial charge in [-0.3, -0.25) is 9.69 Å². The highest BCUT2D eigenvalue weighted by molar-refractivity contribution is 6.01. The number of rotatable bonds is 10. The molecule has 4 aromatic carbocycles. The van der Waals surface area contributed by atoms with E-state index in [1.165, 1.54) is 17.0 Å². The average Bonchev–Trinajstić information content (AvgIpc) is 2.93. The van der Waals surface area contributed by atoms with Crippen molar-refractivity contribution in [3.8, 4) is 17.2 Å². The number of ether oxygens (including phenoxy) is 2. The number of anilines is 2. The quantitative estimate of drug-likeness (QED) is 0.287. The number of hydrogen-bond donors (Lipinski definition) is 2. The Bertz CT molecular complexity index is 1300. The van der Waals surface area contributed by atoms with E-state index < -0.39 is 11.8 Å². The second-order valence-electron chi connectivity index (χ2n) is 7.92. The minimum Gasteiger partial charge on any atom is -0.484 e. The van der Waals surface area contributed by atoms with E-state index in [2.05, 4.69) is 10.6 Å². The molecule has 0 aliphatic rings. The minimum atomic E-state index is -0.547. The van der Waals surface area contributed by atoms with Crippen molar-refractivity contribution in [2.75, 3.05) is 29.9 Å². The van der Waals surface area contributed by atoms with Gasteiger partial charge < -0.3 is 20.1 Å². The van der Waals surface area contributed by atoms with Gasteiger partial charge >= 0.3 is 6.03 Å². The van der Waals surface area contributed by atoms with Gasteiger partial charge in [-0.15, -0.1) is 0 Å². The Kier molecular flexibility index (Phi) is 8.69. The SMILES string of the molecule is O=C(COc1ccccc1)NCCN(C(=O)Nc1ccccc1F)c1ccc(Oc2ccccc2)cc1. The van der Waals surface area contributed by atoms with E-state index in [1.807, 2.05) is 48.5 Å². The molecule has 0 spiro atoms. The number of carbonyl (C=O) groups excluding carboxylic acids is 2. The van der Waals surface area contributed by atoms with E-state index in [9.17, 15) is 14.0 Å². The third-order valence-electron chi connectivity index (χ3n) is 5.26. The van der Waals surface area contributed by atoms with Gasteiger partial charge in [0.15, 0.2) is 6.61 Å². The van der Waals surface area contributed by atoms with Gasteiger partial charge in [0.1, 0.15) is 23.1 Å². The lowest BCUT2D eigenvalue weighted by atomic mass is 10.2. The lowest BCUT2D eigenvalue weighted by Gasteiger charge is -2.24. The normalized spacial score (nSPS) is 10.3. The second kappa shape index (κ2) is 12.7. The standard InChI is InChI=1S/C29H26FN3O4/c30-26-13-7-8-14-27(26)32-29(35)33(20-19-31-28(34)21-36-23-9-3-1-4-10-23)22-15-17-25(18-16-22)37-24-11-5-2-6-12-24/h1-18H,19-21H2,(H,31,34)(H,32,35). The molecule has 0 atom stereocenters. The van der Waals surface area contributed by atoms with Crippen LogP contribution in [0.3, 0.4) is 0 Å². The molecule has 8 heteroatoms. The fourth-order valence-electron chi connectivity index (χ4n) is 3.44. The molecule has 0 bridgehead atoms. The fourth-order valence-corrected chi connectivity index (χ4v) is 3.44. The summed E-state index contributed by atoms with van der Waals surface area (Å²) in [5.74, 6) is 0.987. The van der Waals surface area contributed by atoms with Gasteiger partial charge in [-0.25, -0.2) is 9.18 Å². The molecule has 0 heterocycles. The summed E-state index contributed by atoms with van der Waals surface area (Å²) in [4.78, 5) is 26.8. The van der Waals surface area contributed by atoms with Gasteiger partial charge in [0.25, 0.3) is 5.91 Å². The van der Waals surface area contributed by atoms with E-state index in [0.29, 0.717) is 22.9 Å². The molecule has 7 nitrogen and oxygen atoms in total. The maximum Gasteiger partial charge on any atom is 0.326 e. The monoisotopic (exact) mass is 499 g/mol. The molecule has 0 aliphatic heterocycles. The summed E-state index contributed by atoms with van der Waals surface area (Å²) in [5.41, 5.74) is 0.603. The lowest BCUT2D eigenvalue weighted by molar-refractivity contribution is -0.123. The van der Waals surface area contributed by atoms with Crippen LogP contribution in [-0.4, -0.2) is 31.6 Å². The van der Waals surface area contributed by atoms with E-state index in [1.54, 1.807) is 48.5 Å². The van der Waals surface area contributed by atoms with Gasteiger partial charge in [0, 0.05) is 18.8 Å². The predicted octanol–water partition coefficient (Wildman–Crippen LogP) is 5.85. The first-order valence-corrected chi connectivity index (χ1v) is 11.7. The first-order valence-electron chi connectivity index (χ1n) is 11.7. The van der Waals surface area contributed by atoms with Crippen LogP contribution in [-0.2, 0) is 4.79 Å².